The standard InChI is InChI=1S/C30H23ClN4O5/c1-19-6-2-3-7-24(19)30(39)40-23-16-10-20(11-17-23)18-32-35-29(38)28(37)34-26-9-5-4-8-25(26)27(36)33-22-14-12-21(31)13-15-22/h2-18H,1H3,(H,33,36)(H,34,37)(H,35,38). The minimum atomic E-state index is -1.03. The number of hydrogen-bond donors (Lipinski definition) is 3. The van der Waals surface area contributed by atoms with Gasteiger partial charge < -0.3 is 15.4 Å². The highest BCUT2D eigenvalue weighted by atomic mass is 35.5. The van der Waals surface area contributed by atoms with Gasteiger partial charge in [-0.25, -0.2) is 10.2 Å². The molecule has 0 spiro atoms. The van der Waals surface area contributed by atoms with E-state index in [1.54, 1.807) is 72.8 Å². The van der Waals surface area contributed by atoms with Gasteiger partial charge in [-0.2, -0.15) is 5.10 Å². The van der Waals surface area contributed by atoms with Gasteiger partial charge in [0.25, 0.3) is 5.91 Å². The van der Waals surface area contributed by atoms with Crippen LogP contribution >= 0.6 is 11.6 Å². The molecule has 0 aliphatic heterocycles. The zero-order chi connectivity index (χ0) is 28.5. The minimum Gasteiger partial charge on any atom is -0.423 e. The van der Waals surface area contributed by atoms with Crippen LogP contribution in [0.2, 0.25) is 5.02 Å². The Morgan fingerprint density at radius 1 is 0.750 bits per heavy atom. The first-order valence-electron chi connectivity index (χ1n) is 12.0. The van der Waals surface area contributed by atoms with Gasteiger partial charge in [0.05, 0.1) is 23.0 Å². The number of esters is 1. The molecule has 10 heteroatoms. The molecule has 0 fully saturated rings. The Bertz CT molecular complexity index is 1580. The Morgan fingerprint density at radius 2 is 1.40 bits per heavy atom. The number of nitrogens with one attached hydrogen (secondary N) is 3. The molecule has 4 aromatic rings. The molecule has 4 aromatic carbocycles. The van der Waals surface area contributed by atoms with Crippen LogP contribution < -0.4 is 20.8 Å². The van der Waals surface area contributed by atoms with Gasteiger partial charge in [-0.1, -0.05) is 41.9 Å². The average molecular weight is 555 g/mol. The van der Waals surface area contributed by atoms with Crippen molar-refractivity contribution in [2.24, 2.45) is 5.10 Å². The maximum Gasteiger partial charge on any atom is 0.343 e. The largest absolute Gasteiger partial charge is 0.423 e. The van der Waals surface area contributed by atoms with Crippen LogP contribution in [-0.4, -0.2) is 29.9 Å². The van der Waals surface area contributed by atoms with Crippen LogP contribution in [0.5, 0.6) is 5.75 Å². The lowest BCUT2D eigenvalue weighted by Crippen LogP contribution is -2.33. The number of anilines is 2. The highest BCUT2D eigenvalue weighted by Crippen LogP contribution is 2.19. The number of para-hydroxylation sites is 1. The molecule has 0 unspecified atom stereocenters. The van der Waals surface area contributed by atoms with Gasteiger partial charge in [0.2, 0.25) is 0 Å². The molecule has 0 atom stereocenters. The van der Waals surface area contributed by atoms with E-state index in [1.807, 2.05) is 19.1 Å². The van der Waals surface area contributed by atoms with Gasteiger partial charge in [-0.05, 0) is 84.8 Å². The summed E-state index contributed by atoms with van der Waals surface area (Å²) in [5.41, 5.74) is 4.82. The van der Waals surface area contributed by atoms with E-state index < -0.39 is 23.7 Å². The fraction of sp³-hybridized carbons (Fsp3) is 0.0333. The molecule has 4 rings (SSSR count). The number of ether oxygens (including phenoxy) is 1. The number of nitrogens with zero attached hydrogens (tertiary/aromatic N) is 1. The normalized spacial score (nSPS) is 10.6. The maximum absolute atomic E-state index is 12.7. The van der Waals surface area contributed by atoms with Crippen LogP contribution in [-0.2, 0) is 9.59 Å². The Kier molecular flexibility index (Phi) is 9.01. The number of halogens is 1. The summed E-state index contributed by atoms with van der Waals surface area (Å²) in [6, 6.07) is 26.3. The first-order valence-corrected chi connectivity index (χ1v) is 12.4. The first-order chi connectivity index (χ1) is 19.3. The van der Waals surface area contributed by atoms with Crippen molar-refractivity contribution in [3.63, 3.8) is 0 Å². The number of rotatable bonds is 7. The summed E-state index contributed by atoms with van der Waals surface area (Å²) < 4.78 is 5.39. The molecular formula is C30H23ClN4O5. The van der Waals surface area contributed by atoms with E-state index in [2.05, 4.69) is 21.2 Å². The molecular weight excluding hydrogens is 532 g/mol. The predicted octanol–water partition coefficient (Wildman–Crippen LogP) is 5.21. The number of aryl methyl sites for hydroxylation is 1. The summed E-state index contributed by atoms with van der Waals surface area (Å²) in [5, 5.41) is 9.44. The van der Waals surface area contributed by atoms with Crippen molar-refractivity contribution in [3.8, 4) is 5.75 Å². The number of hydrazone groups is 1. The highest BCUT2D eigenvalue weighted by molar-refractivity contribution is 6.40. The summed E-state index contributed by atoms with van der Waals surface area (Å²) in [4.78, 5) is 49.8. The molecule has 40 heavy (non-hydrogen) atoms. The summed E-state index contributed by atoms with van der Waals surface area (Å²) in [6.07, 6.45) is 1.33. The second kappa shape index (κ2) is 13.0. The lowest BCUT2D eigenvalue weighted by atomic mass is 10.1. The van der Waals surface area contributed by atoms with E-state index in [9.17, 15) is 19.2 Å². The summed E-state index contributed by atoms with van der Waals surface area (Å²) >= 11 is 5.87. The van der Waals surface area contributed by atoms with Gasteiger partial charge in [-0.15, -0.1) is 0 Å². The van der Waals surface area contributed by atoms with Crippen molar-refractivity contribution in [2.45, 2.75) is 6.92 Å². The molecule has 3 N–H and O–H groups in total. The Morgan fingerprint density at radius 3 is 2.10 bits per heavy atom. The smallest absolute Gasteiger partial charge is 0.343 e. The van der Waals surface area contributed by atoms with E-state index in [1.165, 1.54) is 18.3 Å². The van der Waals surface area contributed by atoms with Crippen molar-refractivity contribution < 1.29 is 23.9 Å². The number of carbonyl (C=O) groups is 4. The van der Waals surface area contributed by atoms with Gasteiger partial charge >= 0.3 is 17.8 Å². The third-order valence-corrected chi connectivity index (χ3v) is 5.82. The van der Waals surface area contributed by atoms with E-state index in [4.69, 9.17) is 16.3 Å². The van der Waals surface area contributed by atoms with Crippen LogP contribution in [0.1, 0.15) is 31.8 Å². The molecule has 0 heterocycles. The van der Waals surface area contributed by atoms with Crippen molar-refractivity contribution in [2.75, 3.05) is 10.6 Å². The van der Waals surface area contributed by atoms with Crippen molar-refractivity contribution in [3.05, 3.63) is 124 Å². The fourth-order valence-electron chi connectivity index (χ4n) is 3.50. The third kappa shape index (κ3) is 7.40. The summed E-state index contributed by atoms with van der Waals surface area (Å²) in [6.45, 7) is 1.82. The monoisotopic (exact) mass is 554 g/mol. The van der Waals surface area contributed by atoms with Gasteiger partial charge in [0, 0.05) is 10.7 Å². The third-order valence-electron chi connectivity index (χ3n) is 5.56. The second-order valence-electron chi connectivity index (χ2n) is 8.43. The van der Waals surface area contributed by atoms with E-state index in [0.29, 0.717) is 27.6 Å². The van der Waals surface area contributed by atoms with Crippen LogP contribution in [0, 0.1) is 6.92 Å². The number of carbonyl (C=O) groups excluding carboxylic acids is 4. The first kappa shape index (κ1) is 27.7. The lowest BCUT2D eigenvalue weighted by Gasteiger charge is -2.11. The second-order valence-corrected chi connectivity index (χ2v) is 8.87. The van der Waals surface area contributed by atoms with Crippen LogP contribution in [0.3, 0.4) is 0 Å². The zero-order valence-electron chi connectivity index (χ0n) is 21.2. The summed E-state index contributed by atoms with van der Waals surface area (Å²) in [5.74, 6) is -2.66. The Balaban J connectivity index is 1.31. The van der Waals surface area contributed by atoms with Crippen LogP contribution in [0.4, 0.5) is 11.4 Å². The van der Waals surface area contributed by atoms with Gasteiger partial charge in [0.15, 0.2) is 0 Å². The fourth-order valence-corrected chi connectivity index (χ4v) is 3.63. The predicted molar refractivity (Wildman–Crippen MR) is 153 cm³/mol. The number of hydrogen-bond acceptors (Lipinski definition) is 6. The zero-order valence-corrected chi connectivity index (χ0v) is 21.9. The molecule has 0 saturated carbocycles. The van der Waals surface area contributed by atoms with Crippen LogP contribution in [0.15, 0.2) is 102 Å². The number of benzene rings is 4. The quantitative estimate of drug-likeness (QED) is 0.0950. The molecule has 0 aliphatic rings. The SMILES string of the molecule is Cc1ccccc1C(=O)Oc1ccc(C=NNC(=O)C(=O)Nc2ccccc2C(=O)Nc2ccc(Cl)cc2)cc1. The lowest BCUT2D eigenvalue weighted by molar-refractivity contribution is -0.136. The average Bonchev–Trinajstić information content (AvgIpc) is 2.95. The van der Waals surface area contributed by atoms with Gasteiger partial charge in [-0.3, -0.25) is 14.4 Å². The van der Waals surface area contributed by atoms with Crippen molar-refractivity contribution in [1.29, 1.82) is 0 Å². The van der Waals surface area contributed by atoms with Crippen molar-refractivity contribution >= 4 is 52.9 Å². The molecule has 0 aliphatic carbocycles. The minimum absolute atomic E-state index is 0.147. The molecule has 9 nitrogen and oxygen atoms in total. The van der Waals surface area contributed by atoms with Crippen molar-refractivity contribution in [1.82, 2.24) is 5.43 Å². The van der Waals surface area contributed by atoms with E-state index in [-0.39, 0.29) is 11.3 Å². The molecule has 0 bridgehead atoms. The van der Waals surface area contributed by atoms with Gasteiger partial charge in [0.1, 0.15) is 5.75 Å². The van der Waals surface area contributed by atoms with E-state index in [0.717, 1.165) is 5.56 Å². The van der Waals surface area contributed by atoms with E-state index >= 15 is 0 Å². The molecule has 3 amide bonds. The molecule has 0 saturated heterocycles. The molecule has 200 valence electrons. The topological polar surface area (TPSA) is 126 Å². The molecule has 0 radical (unpaired) electrons. The Hall–Kier alpha value is -5.28. The maximum atomic E-state index is 12.7. The van der Waals surface area contributed by atoms with Crippen LogP contribution in [0.25, 0.3) is 0 Å². The Labute approximate surface area is 234 Å². The molecule has 0 aromatic heterocycles. The summed E-state index contributed by atoms with van der Waals surface area (Å²) in [7, 11) is 0. The number of amides is 3. The highest BCUT2D eigenvalue weighted by Gasteiger charge is 2.18.